The van der Waals surface area contributed by atoms with E-state index in [0.717, 1.165) is 6.07 Å². The molecule has 0 bridgehead atoms. The summed E-state index contributed by atoms with van der Waals surface area (Å²) >= 11 is 1.89. The zero-order valence-electron chi connectivity index (χ0n) is 6.53. The normalized spacial score (nSPS) is 9.62. The Kier molecular flexibility index (Phi) is 3.35. The molecule has 13 heavy (non-hydrogen) atoms. The smallest absolute Gasteiger partial charge is 0.339 e. The van der Waals surface area contributed by atoms with Gasteiger partial charge in [0.15, 0.2) is 11.5 Å². The Balaban J connectivity index is 2.90. The highest BCUT2D eigenvalue weighted by molar-refractivity contribution is 14.1. The molecule has 0 fully saturated rings. The van der Waals surface area contributed by atoms with E-state index >= 15 is 0 Å². The molecule has 2 N–H and O–H groups in total. The predicted octanol–water partition coefficient (Wildman–Crippen LogP) is 1.65. The highest BCUT2D eigenvalue weighted by atomic mass is 127. The lowest BCUT2D eigenvalue weighted by Crippen LogP contribution is -2.02. The fourth-order valence-electron chi connectivity index (χ4n) is 0.783. The lowest BCUT2D eigenvalue weighted by Gasteiger charge is -2.02. The third-order valence-electron chi connectivity index (χ3n) is 1.40. The molecule has 0 atom stereocenters. The number of carbonyl (C=O) groups excluding carboxylic acids is 1. The van der Waals surface area contributed by atoms with Crippen molar-refractivity contribution in [2.75, 3.05) is 4.61 Å². The van der Waals surface area contributed by atoms with Gasteiger partial charge in [-0.3, -0.25) is 0 Å². The molecule has 0 spiro atoms. The van der Waals surface area contributed by atoms with Crippen LogP contribution in [0.2, 0.25) is 0 Å². The number of esters is 1. The van der Waals surface area contributed by atoms with Crippen LogP contribution in [0.25, 0.3) is 0 Å². The molecule has 0 aliphatic rings. The topological polar surface area (TPSA) is 66.8 Å². The van der Waals surface area contributed by atoms with Gasteiger partial charge in [-0.25, -0.2) is 4.79 Å². The number of carbonyl (C=O) groups is 1. The summed E-state index contributed by atoms with van der Waals surface area (Å²) in [5.74, 6) is -1.11. The molecule has 4 nitrogen and oxygen atoms in total. The number of rotatable bonds is 2. The zero-order chi connectivity index (χ0) is 9.84. The van der Waals surface area contributed by atoms with Crippen LogP contribution < -0.4 is 0 Å². The summed E-state index contributed by atoms with van der Waals surface area (Å²) in [4.78, 5) is 11.1. The van der Waals surface area contributed by atoms with Crippen LogP contribution >= 0.6 is 22.6 Å². The van der Waals surface area contributed by atoms with E-state index in [4.69, 9.17) is 10.2 Å². The number of halogens is 1. The van der Waals surface area contributed by atoms with Crippen LogP contribution in [0.1, 0.15) is 10.4 Å². The van der Waals surface area contributed by atoms with E-state index in [1.165, 1.54) is 12.1 Å². The Morgan fingerprint density at radius 1 is 1.38 bits per heavy atom. The highest BCUT2D eigenvalue weighted by Gasteiger charge is 2.08. The van der Waals surface area contributed by atoms with E-state index in [9.17, 15) is 4.79 Å². The molecule has 0 amide bonds. The van der Waals surface area contributed by atoms with E-state index in [1.807, 2.05) is 22.6 Å². The third kappa shape index (κ3) is 2.48. The van der Waals surface area contributed by atoms with Crippen LogP contribution in [0, 0.1) is 0 Å². The number of phenols is 2. The first-order valence-electron chi connectivity index (χ1n) is 3.40. The summed E-state index contributed by atoms with van der Waals surface area (Å²) in [6.07, 6.45) is 0. The summed E-state index contributed by atoms with van der Waals surface area (Å²) in [6, 6.07) is 3.77. The minimum Gasteiger partial charge on any atom is -0.504 e. The summed E-state index contributed by atoms with van der Waals surface area (Å²) < 4.78 is 4.93. The molecule has 0 saturated carbocycles. The standard InChI is InChI=1S/C8H7IO4/c9-4-13-8(12)5-1-2-6(10)7(11)3-5/h1-3,10-11H,4H2. The lowest BCUT2D eigenvalue weighted by molar-refractivity contribution is 0.0590. The highest BCUT2D eigenvalue weighted by Crippen LogP contribution is 2.25. The Labute approximate surface area is 88.3 Å². The van der Waals surface area contributed by atoms with Crippen LogP contribution in [-0.2, 0) is 4.74 Å². The number of ether oxygens (including phenoxy) is 1. The van der Waals surface area contributed by atoms with Crippen molar-refractivity contribution in [2.45, 2.75) is 0 Å². The van der Waals surface area contributed by atoms with Crippen molar-refractivity contribution in [2.24, 2.45) is 0 Å². The maximum absolute atomic E-state index is 11.1. The van der Waals surface area contributed by atoms with Crippen LogP contribution in [0.4, 0.5) is 0 Å². The Hall–Kier alpha value is -0.980. The van der Waals surface area contributed by atoms with Gasteiger partial charge in [0.25, 0.3) is 0 Å². The Bertz CT molecular complexity index is 324. The molecule has 0 unspecified atom stereocenters. The van der Waals surface area contributed by atoms with E-state index < -0.39 is 5.97 Å². The minimum atomic E-state index is -0.523. The second-order valence-corrected chi connectivity index (χ2v) is 2.87. The van der Waals surface area contributed by atoms with Gasteiger partial charge in [0.1, 0.15) is 4.61 Å². The van der Waals surface area contributed by atoms with Crippen molar-refractivity contribution in [1.29, 1.82) is 0 Å². The zero-order valence-corrected chi connectivity index (χ0v) is 8.69. The maximum Gasteiger partial charge on any atom is 0.339 e. The van der Waals surface area contributed by atoms with Crippen LogP contribution in [0.5, 0.6) is 11.5 Å². The van der Waals surface area contributed by atoms with Gasteiger partial charge in [-0.15, -0.1) is 0 Å². The van der Waals surface area contributed by atoms with Gasteiger partial charge in [-0.1, -0.05) is 0 Å². The first-order chi connectivity index (χ1) is 6.15. The molecule has 1 rings (SSSR count). The number of benzene rings is 1. The van der Waals surface area contributed by atoms with Crippen molar-refractivity contribution in [3.63, 3.8) is 0 Å². The van der Waals surface area contributed by atoms with Gasteiger partial charge in [-0.2, -0.15) is 0 Å². The predicted molar refractivity (Wildman–Crippen MR) is 54.1 cm³/mol. The minimum absolute atomic E-state index is 0.215. The van der Waals surface area contributed by atoms with Gasteiger partial charge in [0, 0.05) is 0 Å². The van der Waals surface area contributed by atoms with Crippen LogP contribution in [0.15, 0.2) is 18.2 Å². The second-order valence-electron chi connectivity index (χ2n) is 2.24. The van der Waals surface area contributed by atoms with E-state index in [2.05, 4.69) is 4.74 Å². The average molecular weight is 294 g/mol. The molecule has 0 aliphatic carbocycles. The van der Waals surface area contributed by atoms with E-state index in [-0.39, 0.29) is 21.7 Å². The average Bonchev–Trinajstić information content (AvgIpc) is 2.10. The van der Waals surface area contributed by atoms with E-state index in [0.29, 0.717) is 0 Å². The first kappa shape index (κ1) is 10.1. The molecular formula is C8H7IO4. The van der Waals surface area contributed by atoms with Gasteiger partial charge in [0.05, 0.1) is 5.56 Å². The Morgan fingerprint density at radius 3 is 2.62 bits per heavy atom. The van der Waals surface area contributed by atoms with Crippen LogP contribution in [0.3, 0.4) is 0 Å². The third-order valence-corrected chi connectivity index (χ3v) is 1.71. The fourth-order valence-corrected chi connectivity index (χ4v) is 1.07. The summed E-state index contributed by atoms with van der Waals surface area (Å²) in [7, 11) is 0. The summed E-state index contributed by atoms with van der Waals surface area (Å²) in [5, 5.41) is 18.0. The molecule has 0 radical (unpaired) electrons. The molecule has 0 saturated heterocycles. The molecule has 70 valence electrons. The van der Waals surface area contributed by atoms with E-state index in [1.54, 1.807) is 0 Å². The quantitative estimate of drug-likeness (QED) is 0.377. The number of hydrogen-bond donors (Lipinski definition) is 2. The number of phenolic OH excluding ortho intramolecular Hbond substituents is 2. The monoisotopic (exact) mass is 294 g/mol. The molecule has 0 aromatic heterocycles. The van der Waals surface area contributed by atoms with Crippen molar-refractivity contribution >= 4 is 28.6 Å². The molecule has 1 aromatic carbocycles. The van der Waals surface area contributed by atoms with Crippen molar-refractivity contribution in [3.8, 4) is 11.5 Å². The number of alkyl halides is 1. The fraction of sp³-hybridized carbons (Fsp3) is 0.125. The summed E-state index contributed by atoms with van der Waals surface area (Å²) in [5.41, 5.74) is 0.215. The van der Waals surface area contributed by atoms with Gasteiger partial charge in [-0.05, 0) is 40.8 Å². The van der Waals surface area contributed by atoms with Gasteiger partial charge < -0.3 is 14.9 Å². The molecule has 0 heterocycles. The SMILES string of the molecule is O=C(OCI)c1ccc(O)c(O)c1. The van der Waals surface area contributed by atoms with Crippen molar-refractivity contribution in [1.82, 2.24) is 0 Å². The molecule has 1 aromatic rings. The largest absolute Gasteiger partial charge is 0.504 e. The van der Waals surface area contributed by atoms with Crippen LogP contribution in [-0.4, -0.2) is 20.8 Å². The number of hydrogen-bond acceptors (Lipinski definition) is 4. The molecular weight excluding hydrogens is 287 g/mol. The van der Waals surface area contributed by atoms with Gasteiger partial charge in [0.2, 0.25) is 0 Å². The lowest BCUT2D eigenvalue weighted by atomic mass is 10.2. The summed E-state index contributed by atoms with van der Waals surface area (Å²) in [6.45, 7) is 0. The van der Waals surface area contributed by atoms with Gasteiger partial charge >= 0.3 is 5.97 Å². The first-order valence-corrected chi connectivity index (χ1v) is 4.93. The Morgan fingerprint density at radius 2 is 2.08 bits per heavy atom. The second kappa shape index (κ2) is 4.31. The van der Waals surface area contributed by atoms with Crippen molar-refractivity contribution in [3.05, 3.63) is 23.8 Å². The maximum atomic E-state index is 11.1. The molecule has 5 heteroatoms. The number of aromatic hydroxyl groups is 2. The van der Waals surface area contributed by atoms with Crippen molar-refractivity contribution < 1.29 is 19.7 Å². The molecule has 0 aliphatic heterocycles.